The van der Waals surface area contributed by atoms with Crippen LogP contribution in [0.15, 0.2) is 0 Å². The van der Waals surface area contributed by atoms with Gasteiger partial charge < -0.3 is 14.2 Å². The summed E-state index contributed by atoms with van der Waals surface area (Å²) in [6.07, 6.45) is 3.64. The summed E-state index contributed by atoms with van der Waals surface area (Å²) >= 11 is 3.49. The summed E-state index contributed by atoms with van der Waals surface area (Å²) in [5.74, 6) is 0. The molecule has 0 saturated heterocycles. The first-order chi connectivity index (χ1) is 7.56. The fourth-order valence-corrected chi connectivity index (χ4v) is 1.41. The van der Waals surface area contributed by atoms with E-state index in [-0.39, 0.29) is 6.29 Å². The highest BCUT2D eigenvalue weighted by Crippen LogP contribution is 2.05. The lowest BCUT2D eigenvalue weighted by Gasteiger charge is -2.18. The standard InChI is InChI=1S/C11H22O4S/c1-4-5-6-7-8-13-9(2)14-10(3)15-11(12)16/h9-10H,4-8H2,1-3H3,(H,12,16). The molecule has 4 nitrogen and oxygen atoms in total. The van der Waals surface area contributed by atoms with Crippen molar-refractivity contribution in [3.63, 3.8) is 0 Å². The van der Waals surface area contributed by atoms with Crippen LogP contribution in [0.4, 0.5) is 4.79 Å². The molecule has 0 spiro atoms. The average Bonchev–Trinajstić information content (AvgIpc) is 2.15. The maximum atomic E-state index is 10.5. The zero-order valence-corrected chi connectivity index (χ0v) is 11.2. The van der Waals surface area contributed by atoms with E-state index in [1.165, 1.54) is 19.3 Å². The monoisotopic (exact) mass is 250 g/mol. The van der Waals surface area contributed by atoms with Crippen LogP contribution >= 0.6 is 12.6 Å². The van der Waals surface area contributed by atoms with E-state index >= 15 is 0 Å². The van der Waals surface area contributed by atoms with Crippen molar-refractivity contribution in [2.75, 3.05) is 6.61 Å². The molecule has 0 fully saturated rings. The Morgan fingerprint density at radius 3 is 2.44 bits per heavy atom. The number of carbonyl (C=O) groups excluding carboxylic acids is 1. The van der Waals surface area contributed by atoms with Gasteiger partial charge >= 0.3 is 5.30 Å². The lowest BCUT2D eigenvalue weighted by atomic mass is 10.2. The highest BCUT2D eigenvalue weighted by molar-refractivity contribution is 7.96. The van der Waals surface area contributed by atoms with E-state index in [4.69, 9.17) is 9.47 Å². The molecule has 0 amide bonds. The smallest absolute Gasteiger partial charge is 0.366 e. The maximum Gasteiger partial charge on any atom is 0.366 e. The number of hydrogen-bond acceptors (Lipinski definition) is 4. The van der Waals surface area contributed by atoms with Crippen LogP contribution in [0, 0.1) is 0 Å². The normalized spacial score (nSPS) is 14.5. The molecule has 0 aliphatic rings. The maximum absolute atomic E-state index is 10.5. The van der Waals surface area contributed by atoms with E-state index in [0.29, 0.717) is 6.61 Å². The van der Waals surface area contributed by atoms with Gasteiger partial charge in [0.15, 0.2) is 6.29 Å². The predicted molar refractivity (Wildman–Crippen MR) is 65.6 cm³/mol. The molecule has 5 heteroatoms. The largest absolute Gasteiger partial charge is 0.428 e. The molecule has 0 aliphatic carbocycles. The van der Waals surface area contributed by atoms with E-state index in [1.807, 2.05) is 0 Å². The Hall–Kier alpha value is -0.260. The summed E-state index contributed by atoms with van der Waals surface area (Å²) in [5.41, 5.74) is 0. The quantitative estimate of drug-likeness (QED) is 0.295. The number of unbranched alkanes of at least 4 members (excludes halogenated alkanes) is 3. The van der Waals surface area contributed by atoms with Crippen molar-refractivity contribution in [3.8, 4) is 0 Å². The minimum absolute atomic E-state index is 0.371. The first-order valence-corrected chi connectivity index (χ1v) is 6.17. The van der Waals surface area contributed by atoms with Crippen LogP contribution in [0.2, 0.25) is 0 Å². The summed E-state index contributed by atoms with van der Waals surface area (Å²) in [6, 6.07) is 0. The minimum Gasteiger partial charge on any atom is -0.428 e. The lowest BCUT2D eigenvalue weighted by Crippen LogP contribution is -2.23. The van der Waals surface area contributed by atoms with E-state index < -0.39 is 11.6 Å². The third kappa shape index (κ3) is 10.3. The van der Waals surface area contributed by atoms with Crippen molar-refractivity contribution in [3.05, 3.63) is 0 Å². The van der Waals surface area contributed by atoms with E-state index in [9.17, 15) is 4.79 Å². The minimum atomic E-state index is -0.650. The highest BCUT2D eigenvalue weighted by atomic mass is 32.1. The van der Waals surface area contributed by atoms with Crippen LogP contribution in [0.5, 0.6) is 0 Å². The van der Waals surface area contributed by atoms with Gasteiger partial charge in [-0.15, -0.1) is 0 Å². The van der Waals surface area contributed by atoms with Gasteiger partial charge in [0.2, 0.25) is 6.29 Å². The van der Waals surface area contributed by atoms with E-state index in [1.54, 1.807) is 13.8 Å². The number of rotatable bonds is 9. The van der Waals surface area contributed by atoms with Gasteiger partial charge in [0.25, 0.3) is 0 Å². The average molecular weight is 250 g/mol. The molecule has 0 aliphatic heterocycles. The van der Waals surface area contributed by atoms with Gasteiger partial charge in [-0.3, -0.25) is 0 Å². The van der Waals surface area contributed by atoms with Gasteiger partial charge in [-0.05, 0) is 20.3 Å². The first kappa shape index (κ1) is 15.7. The van der Waals surface area contributed by atoms with Crippen LogP contribution < -0.4 is 0 Å². The second kappa shape index (κ2) is 9.93. The third-order valence-electron chi connectivity index (χ3n) is 2.00. The molecule has 0 bridgehead atoms. The van der Waals surface area contributed by atoms with Gasteiger partial charge in [-0.1, -0.05) is 38.8 Å². The highest BCUT2D eigenvalue weighted by Gasteiger charge is 2.11. The van der Waals surface area contributed by atoms with Gasteiger partial charge in [-0.2, -0.15) is 0 Å². The lowest BCUT2D eigenvalue weighted by molar-refractivity contribution is -0.210. The molecule has 0 heterocycles. The van der Waals surface area contributed by atoms with Crippen molar-refractivity contribution in [2.45, 2.75) is 59.0 Å². The molecule has 0 saturated carbocycles. The van der Waals surface area contributed by atoms with E-state index in [0.717, 1.165) is 6.42 Å². The predicted octanol–water partition coefficient (Wildman–Crippen LogP) is 3.36. The molecular formula is C11H22O4S. The Morgan fingerprint density at radius 1 is 1.19 bits per heavy atom. The van der Waals surface area contributed by atoms with E-state index in [2.05, 4.69) is 24.3 Å². The second-order valence-electron chi connectivity index (χ2n) is 3.59. The van der Waals surface area contributed by atoms with Crippen molar-refractivity contribution in [1.29, 1.82) is 0 Å². The molecule has 0 N–H and O–H groups in total. The Kier molecular flexibility index (Phi) is 9.77. The van der Waals surface area contributed by atoms with Crippen LogP contribution in [0.3, 0.4) is 0 Å². The Balaban J connectivity index is 3.42. The molecule has 2 unspecified atom stereocenters. The Bertz CT molecular complexity index is 187. The van der Waals surface area contributed by atoms with Gasteiger partial charge in [0, 0.05) is 6.61 Å². The third-order valence-corrected chi connectivity index (χ3v) is 2.11. The summed E-state index contributed by atoms with van der Waals surface area (Å²) < 4.78 is 15.3. The SMILES string of the molecule is CCCCCCOC(C)OC(C)OC(=O)S. The summed E-state index contributed by atoms with van der Waals surface area (Å²) in [6.45, 7) is 6.25. The number of ether oxygens (including phenoxy) is 3. The first-order valence-electron chi connectivity index (χ1n) is 5.73. The van der Waals surface area contributed by atoms with Crippen molar-refractivity contribution < 1.29 is 19.0 Å². The molecule has 0 radical (unpaired) electrons. The molecule has 96 valence electrons. The van der Waals surface area contributed by atoms with Crippen molar-refractivity contribution >= 4 is 17.9 Å². The Morgan fingerprint density at radius 2 is 1.88 bits per heavy atom. The van der Waals surface area contributed by atoms with Crippen LogP contribution in [-0.4, -0.2) is 24.5 Å². The van der Waals surface area contributed by atoms with Gasteiger partial charge in [0.1, 0.15) is 0 Å². The summed E-state index contributed by atoms with van der Waals surface area (Å²) in [4.78, 5) is 10.5. The molecule has 0 aromatic rings. The molecule has 16 heavy (non-hydrogen) atoms. The molecular weight excluding hydrogens is 228 g/mol. The topological polar surface area (TPSA) is 44.8 Å². The fraction of sp³-hybridized carbons (Fsp3) is 0.909. The van der Waals surface area contributed by atoms with Crippen molar-refractivity contribution in [2.24, 2.45) is 0 Å². The zero-order chi connectivity index (χ0) is 12.4. The van der Waals surface area contributed by atoms with Crippen LogP contribution in [-0.2, 0) is 14.2 Å². The number of carbonyl (C=O) groups is 1. The number of hydrogen-bond donors (Lipinski definition) is 1. The fourth-order valence-electron chi connectivity index (χ4n) is 1.26. The van der Waals surface area contributed by atoms with Gasteiger partial charge in [0.05, 0.1) is 0 Å². The second-order valence-corrected chi connectivity index (χ2v) is 3.95. The van der Waals surface area contributed by atoms with Gasteiger partial charge in [-0.25, -0.2) is 4.79 Å². The molecule has 0 aromatic carbocycles. The van der Waals surface area contributed by atoms with Crippen molar-refractivity contribution in [1.82, 2.24) is 0 Å². The molecule has 0 rings (SSSR count). The Labute approximate surface area is 103 Å². The van der Waals surface area contributed by atoms with Crippen LogP contribution in [0.1, 0.15) is 46.5 Å². The van der Waals surface area contributed by atoms with Crippen LogP contribution in [0.25, 0.3) is 0 Å². The summed E-state index contributed by atoms with van der Waals surface area (Å²) in [7, 11) is 0. The zero-order valence-electron chi connectivity index (χ0n) is 10.3. The molecule has 0 aromatic heterocycles. The number of thiol groups is 1. The molecule has 2 atom stereocenters. The summed E-state index contributed by atoms with van der Waals surface area (Å²) in [5, 5.41) is -0.650.